The van der Waals surface area contributed by atoms with Gasteiger partial charge in [-0.2, -0.15) is 0 Å². The third-order valence-corrected chi connectivity index (χ3v) is 2.73. The van der Waals surface area contributed by atoms with Crippen LogP contribution in [-0.2, 0) is 16.1 Å². The number of rotatable bonds is 6. The first kappa shape index (κ1) is 14.3. The van der Waals surface area contributed by atoms with Crippen molar-refractivity contribution in [1.82, 2.24) is 5.48 Å². The van der Waals surface area contributed by atoms with Crippen LogP contribution in [0.5, 0.6) is 0 Å². The zero-order valence-corrected chi connectivity index (χ0v) is 11.2. The number of halogens is 1. The molecule has 0 fully saturated rings. The van der Waals surface area contributed by atoms with E-state index >= 15 is 0 Å². The van der Waals surface area contributed by atoms with E-state index < -0.39 is 0 Å². The van der Waals surface area contributed by atoms with Gasteiger partial charge in [-0.3, -0.25) is 9.63 Å². The molecule has 0 unspecified atom stereocenters. The summed E-state index contributed by atoms with van der Waals surface area (Å²) in [6.07, 6.45) is 0.692. The summed E-state index contributed by atoms with van der Waals surface area (Å²) in [5.74, 6) is 0.552. The van der Waals surface area contributed by atoms with E-state index in [0.29, 0.717) is 30.1 Å². The van der Waals surface area contributed by atoms with Crippen LogP contribution < -0.4 is 5.48 Å². The molecule has 4 nitrogen and oxygen atoms in total. The molecule has 0 atom stereocenters. The minimum Gasteiger partial charge on any atom is -0.461 e. The van der Waals surface area contributed by atoms with E-state index in [4.69, 9.17) is 9.25 Å². The van der Waals surface area contributed by atoms with Gasteiger partial charge in [-0.1, -0.05) is 12.1 Å². The lowest BCUT2D eigenvalue weighted by atomic mass is 10.1. The number of aryl methyl sites for hydroxylation is 1. The van der Waals surface area contributed by atoms with Crippen molar-refractivity contribution in [3.63, 3.8) is 0 Å². The SMILES string of the molecule is CCONC(=O)CCc1ccc(-c2ccccc2F)o1. The number of furan rings is 1. The molecule has 0 radical (unpaired) electrons. The molecule has 0 bridgehead atoms. The first-order valence-electron chi connectivity index (χ1n) is 6.45. The molecule has 20 heavy (non-hydrogen) atoms. The molecule has 5 heteroatoms. The van der Waals surface area contributed by atoms with Crippen LogP contribution in [0, 0.1) is 5.82 Å². The molecule has 0 aliphatic rings. The number of benzene rings is 1. The van der Waals surface area contributed by atoms with Gasteiger partial charge in [0, 0.05) is 12.8 Å². The van der Waals surface area contributed by atoms with Crippen LogP contribution in [0.1, 0.15) is 19.1 Å². The van der Waals surface area contributed by atoms with Crippen LogP contribution in [0.25, 0.3) is 11.3 Å². The first-order valence-corrected chi connectivity index (χ1v) is 6.45. The fourth-order valence-electron chi connectivity index (χ4n) is 1.76. The van der Waals surface area contributed by atoms with Gasteiger partial charge in [0.2, 0.25) is 5.91 Å². The zero-order valence-electron chi connectivity index (χ0n) is 11.2. The van der Waals surface area contributed by atoms with E-state index in [9.17, 15) is 9.18 Å². The molecule has 0 spiro atoms. The molecule has 0 aliphatic heterocycles. The Morgan fingerprint density at radius 1 is 1.30 bits per heavy atom. The molecule has 1 amide bonds. The zero-order chi connectivity index (χ0) is 14.4. The number of hydrogen-bond acceptors (Lipinski definition) is 3. The highest BCUT2D eigenvalue weighted by Gasteiger charge is 2.10. The second kappa shape index (κ2) is 6.86. The smallest absolute Gasteiger partial charge is 0.243 e. The van der Waals surface area contributed by atoms with Crippen molar-refractivity contribution in [3.8, 4) is 11.3 Å². The van der Waals surface area contributed by atoms with E-state index in [1.54, 1.807) is 37.3 Å². The van der Waals surface area contributed by atoms with E-state index in [1.807, 2.05) is 0 Å². The number of nitrogens with one attached hydrogen (secondary N) is 1. The van der Waals surface area contributed by atoms with Gasteiger partial charge >= 0.3 is 0 Å². The maximum Gasteiger partial charge on any atom is 0.243 e. The predicted molar refractivity (Wildman–Crippen MR) is 72.2 cm³/mol. The molecule has 1 N–H and O–H groups in total. The summed E-state index contributed by atoms with van der Waals surface area (Å²) in [6.45, 7) is 2.21. The van der Waals surface area contributed by atoms with Gasteiger partial charge in [0.1, 0.15) is 17.3 Å². The molecule has 0 saturated carbocycles. The van der Waals surface area contributed by atoms with Crippen LogP contribution in [0.15, 0.2) is 40.8 Å². The van der Waals surface area contributed by atoms with E-state index in [1.165, 1.54) is 6.07 Å². The molecule has 0 aliphatic carbocycles. The Labute approximate surface area is 116 Å². The molecule has 106 valence electrons. The molecule has 1 aromatic heterocycles. The predicted octanol–water partition coefficient (Wildman–Crippen LogP) is 3.09. The average molecular weight is 277 g/mol. The summed E-state index contributed by atoms with van der Waals surface area (Å²) < 4.78 is 19.1. The Bertz CT molecular complexity index is 580. The summed E-state index contributed by atoms with van der Waals surface area (Å²) in [5, 5.41) is 0. The minimum atomic E-state index is -0.331. The maximum atomic E-state index is 13.6. The Morgan fingerprint density at radius 3 is 2.85 bits per heavy atom. The summed E-state index contributed by atoms with van der Waals surface area (Å²) in [6, 6.07) is 9.85. The van der Waals surface area contributed by atoms with E-state index in [-0.39, 0.29) is 18.1 Å². The van der Waals surface area contributed by atoms with Crippen molar-refractivity contribution >= 4 is 5.91 Å². The van der Waals surface area contributed by atoms with E-state index in [2.05, 4.69) is 5.48 Å². The lowest BCUT2D eigenvalue weighted by Gasteiger charge is -2.02. The third-order valence-electron chi connectivity index (χ3n) is 2.73. The second-order valence-corrected chi connectivity index (χ2v) is 4.20. The maximum absolute atomic E-state index is 13.6. The number of hydrogen-bond donors (Lipinski definition) is 1. The second-order valence-electron chi connectivity index (χ2n) is 4.20. The number of carbonyl (C=O) groups excluding carboxylic acids is 1. The highest BCUT2D eigenvalue weighted by atomic mass is 19.1. The van der Waals surface area contributed by atoms with Gasteiger partial charge in [-0.25, -0.2) is 9.87 Å². The fraction of sp³-hybridized carbons (Fsp3) is 0.267. The van der Waals surface area contributed by atoms with Crippen LogP contribution >= 0.6 is 0 Å². The highest BCUT2D eigenvalue weighted by Crippen LogP contribution is 2.25. The molecule has 2 aromatic rings. The topological polar surface area (TPSA) is 51.5 Å². The van der Waals surface area contributed by atoms with Gasteiger partial charge in [0.05, 0.1) is 12.2 Å². The first-order chi connectivity index (χ1) is 9.70. The monoisotopic (exact) mass is 277 g/mol. The van der Waals surface area contributed by atoms with Crippen LogP contribution in [-0.4, -0.2) is 12.5 Å². The normalized spacial score (nSPS) is 10.5. The lowest BCUT2D eigenvalue weighted by molar-refractivity contribution is -0.133. The molecular weight excluding hydrogens is 261 g/mol. The van der Waals surface area contributed by atoms with Gasteiger partial charge in [0.15, 0.2) is 0 Å². The van der Waals surface area contributed by atoms with Gasteiger partial charge in [-0.05, 0) is 31.2 Å². The Hall–Kier alpha value is -2.14. The molecular formula is C15H16FNO3. The quantitative estimate of drug-likeness (QED) is 0.825. The summed E-state index contributed by atoms with van der Waals surface area (Å²) >= 11 is 0. The number of hydroxylamine groups is 1. The summed E-state index contributed by atoms with van der Waals surface area (Å²) in [7, 11) is 0. The molecule has 2 rings (SSSR count). The van der Waals surface area contributed by atoms with Gasteiger partial charge < -0.3 is 4.42 Å². The number of carbonyl (C=O) groups is 1. The third kappa shape index (κ3) is 3.68. The van der Waals surface area contributed by atoms with Crippen molar-refractivity contribution in [2.24, 2.45) is 0 Å². The van der Waals surface area contributed by atoms with E-state index in [0.717, 1.165) is 0 Å². The number of amides is 1. The Balaban J connectivity index is 1.96. The highest BCUT2D eigenvalue weighted by molar-refractivity contribution is 5.75. The Morgan fingerprint density at radius 2 is 2.10 bits per heavy atom. The molecule has 0 saturated heterocycles. The van der Waals surface area contributed by atoms with Crippen molar-refractivity contribution < 1.29 is 18.4 Å². The van der Waals surface area contributed by atoms with Crippen LogP contribution in [0.3, 0.4) is 0 Å². The van der Waals surface area contributed by atoms with Gasteiger partial charge in [0.25, 0.3) is 0 Å². The average Bonchev–Trinajstić information content (AvgIpc) is 2.92. The van der Waals surface area contributed by atoms with Crippen molar-refractivity contribution in [1.29, 1.82) is 0 Å². The van der Waals surface area contributed by atoms with Crippen LogP contribution in [0.2, 0.25) is 0 Å². The van der Waals surface area contributed by atoms with Crippen molar-refractivity contribution in [3.05, 3.63) is 48.0 Å². The van der Waals surface area contributed by atoms with Crippen LogP contribution in [0.4, 0.5) is 4.39 Å². The summed E-state index contributed by atoms with van der Waals surface area (Å²) in [4.78, 5) is 16.2. The van der Waals surface area contributed by atoms with Crippen molar-refractivity contribution in [2.75, 3.05) is 6.61 Å². The minimum absolute atomic E-state index is 0.212. The molecule has 1 aromatic carbocycles. The fourth-order valence-corrected chi connectivity index (χ4v) is 1.76. The molecule has 1 heterocycles. The Kier molecular flexibility index (Phi) is 4.90. The standard InChI is InChI=1S/C15H16FNO3/c1-2-19-17-15(18)10-8-11-7-9-14(20-11)12-5-3-4-6-13(12)16/h3-7,9H,2,8,10H2,1H3,(H,17,18). The largest absolute Gasteiger partial charge is 0.461 e. The summed E-state index contributed by atoms with van der Waals surface area (Å²) in [5.41, 5.74) is 2.72. The van der Waals surface area contributed by atoms with Crippen molar-refractivity contribution in [2.45, 2.75) is 19.8 Å². The van der Waals surface area contributed by atoms with Gasteiger partial charge in [-0.15, -0.1) is 0 Å². The lowest BCUT2D eigenvalue weighted by Crippen LogP contribution is -2.23.